The molecule has 4 nitrogen and oxygen atoms in total. The molecule has 0 radical (unpaired) electrons. The average molecular weight is 1010 g/mol. The molecule has 358 valence electrons. The summed E-state index contributed by atoms with van der Waals surface area (Å²) < 4.78 is 0. The van der Waals surface area contributed by atoms with Gasteiger partial charge in [0.25, 0.3) is 0 Å². The summed E-state index contributed by atoms with van der Waals surface area (Å²) in [6.07, 6.45) is 0. The summed E-state index contributed by atoms with van der Waals surface area (Å²) in [6, 6.07) is 94.4. The van der Waals surface area contributed by atoms with Gasteiger partial charge < -0.3 is 19.6 Å². The van der Waals surface area contributed by atoms with Gasteiger partial charge in [0.15, 0.2) is 0 Å². The van der Waals surface area contributed by atoms with E-state index in [-0.39, 0.29) is 13.4 Å². The predicted molar refractivity (Wildman–Crippen MR) is 325 cm³/mol. The number of para-hydroxylation sites is 7. The minimum absolute atomic E-state index is 0.00234. The molecule has 0 atom stereocenters. The quantitative estimate of drug-likeness (QED) is 0.140. The van der Waals surface area contributed by atoms with Crippen LogP contribution in [-0.2, 0) is 0 Å². The third-order valence-electron chi connectivity index (χ3n) is 15.7. The molecule has 0 N–H and O–H groups in total. The molecule has 0 spiro atoms. The summed E-state index contributed by atoms with van der Waals surface area (Å²) in [5.74, 6) is 0. The van der Waals surface area contributed by atoms with E-state index in [1.165, 1.54) is 91.9 Å². The van der Waals surface area contributed by atoms with Crippen molar-refractivity contribution in [2.75, 3.05) is 19.6 Å². The molecule has 0 amide bonds. The molecule has 4 heterocycles. The zero-order chi connectivity index (χ0) is 50.4. The molecule has 0 bridgehead atoms. The van der Waals surface area contributed by atoms with Crippen LogP contribution in [-0.4, -0.2) is 13.4 Å². The summed E-state index contributed by atoms with van der Waals surface area (Å²) in [5.41, 5.74) is 24.5. The largest absolute Gasteiger partial charge is 0.311 e. The fourth-order valence-electron chi connectivity index (χ4n) is 12.6. The smallest absolute Gasteiger partial charge is 0.249 e. The summed E-state index contributed by atoms with van der Waals surface area (Å²) >= 11 is 3.83. The van der Waals surface area contributed by atoms with E-state index < -0.39 is 0 Å². The lowest BCUT2D eigenvalue weighted by Gasteiger charge is -2.44. The van der Waals surface area contributed by atoms with E-state index in [9.17, 15) is 0 Å². The molecular formula is C68H48B2N4S2. The first kappa shape index (κ1) is 44.9. The molecule has 76 heavy (non-hydrogen) atoms. The molecule has 8 heteroatoms. The number of aryl methyl sites for hydroxylation is 2. The highest BCUT2D eigenvalue weighted by Crippen LogP contribution is 2.51. The Morgan fingerprint density at radius 2 is 0.750 bits per heavy atom. The third kappa shape index (κ3) is 7.12. The maximum absolute atomic E-state index is 2.64. The van der Waals surface area contributed by atoms with Crippen molar-refractivity contribution in [2.24, 2.45) is 0 Å². The number of hydrogen-bond acceptors (Lipinski definition) is 6. The zero-order valence-corrected chi connectivity index (χ0v) is 43.6. The van der Waals surface area contributed by atoms with Crippen LogP contribution in [0.1, 0.15) is 11.1 Å². The highest BCUT2D eigenvalue weighted by Gasteiger charge is 2.46. The van der Waals surface area contributed by atoms with Crippen LogP contribution < -0.4 is 52.4 Å². The van der Waals surface area contributed by atoms with Crippen molar-refractivity contribution < 1.29 is 0 Å². The first-order chi connectivity index (χ1) is 37.6. The van der Waals surface area contributed by atoms with Crippen molar-refractivity contribution in [2.45, 2.75) is 33.4 Å². The van der Waals surface area contributed by atoms with E-state index in [2.05, 4.69) is 288 Å². The van der Waals surface area contributed by atoms with Crippen LogP contribution in [0.2, 0.25) is 0 Å². The molecule has 0 aromatic heterocycles. The van der Waals surface area contributed by atoms with Gasteiger partial charge in [-0.2, -0.15) is 0 Å². The Labute approximate surface area is 454 Å². The van der Waals surface area contributed by atoms with Gasteiger partial charge in [-0.1, -0.05) is 186 Å². The van der Waals surface area contributed by atoms with Crippen molar-refractivity contribution >= 4 is 138 Å². The van der Waals surface area contributed by atoms with Crippen molar-refractivity contribution in [3.8, 4) is 0 Å². The van der Waals surface area contributed by atoms with Crippen LogP contribution in [0.15, 0.2) is 274 Å². The summed E-state index contributed by atoms with van der Waals surface area (Å²) in [4.78, 5) is 15.1. The number of anilines is 12. The van der Waals surface area contributed by atoms with Gasteiger partial charge in [0.2, 0.25) is 13.4 Å². The van der Waals surface area contributed by atoms with Crippen molar-refractivity contribution in [3.63, 3.8) is 0 Å². The molecule has 11 aromatic carbocycles. The Morgan fingerprint density at radius 1 is 0.303 bits per heavy atom. The number of benzene rings is 11. The maximum atomic E-state index is 2.64. The van der Waals surface area contributed by atoms with Gasteiger partial charge in [-0.3, -0.25) is 0 Å². The minimum atomic E-state index is -0.0194. The van der Waals surface area contributed by atoms with Crippen LogP contribution in [0.5, 0.6) is 0 Å². The third-order valence-corrected chi connectivity index (χ3v) is 18.0. The number of fused-ring (bicyclic) bond motifs is 8. The van der Waals surface area contributed by atoms with Crippen LogP contribution in [0.3, 0.4) is 0 Å². The lowest BCUT2D eigenvalue weighted by Crippen LogP contribution is -2.64. The van der Waals surface area contributed by atoms with Gasteiger partial charge in [0.05, 0.1) is 5.69 Å². The van der Waals surface area contributed by atoms with E-state index in [0.29, 0.717) is 0 Å². The van der Waals surface area contributed by atoms with Crippen molar-refractivity contribution in [3.05, 3.63) is 266 Å². The lowest BCUT2D eigenvalue weighted by atomic mass is 9.31. The summed E-state index contributed by atoms with van der Waals surface area (Å²) in [6.45, 7) is 4.54. The van der Waals surface area contributed by atoms with E-state index >= 15 is 0 Å². The van der Waals surface area contributed by atoms with E-state index in [1.807, 2.05) is 23.5 Å². The van der Waals surface area contributed by atoms with E-state index in [1.54, 1.807) is 0 Å². The molecule has 15 rings (SSSR count). The van der Waals surface area contributed by atoms with E-state index in [4.69, 9.17) is 0 Å². The molecule has 0 aliphatic carbocycles. The topological polar surface area (TPSA) is 13.0 Å². The maximum Gasteiger partial charge on any atom is 0.249 e. The summed E-state index contributed by atoms with van der Waals surface area (Å²) in [7, 11) is 0. The standard InChI is InChI=1S/C68H48B2N4S2/c1-45-23-22-24-46(2)68(45)74-59-44-63-57(43-56(59)70-55-36-19-21-38-62(55)75-64-41-53(40-61(74)67(64)70)72(49-29-12-5-13-30-49)50-31-14-6-15-32-50)69-54-35-18-20-37-58(54)73(51-33-16-7-17-34-51)60-39-52(42-65(76-63)66(60)69)71(47-25-8-3-9-26-47)48-27-10-4-11-28-48/h3-44H,1-2H3. The van der Waals surface area contributed by atoms with Crippen LogP contribution in [0.4, 0.5) is 68.2 Å². The lowest BCUT2D eigenvalue weighted by molar-refractivity contribution is 1.19. The Balaban J connectivity index is 1.01. The predicted octanol–water partition coefficient (Wildman–Crippen LogP) is 14.8. The Hall–Kier alpha value is -8.55. The second kappa shape index (κ2) is 18.1. The fourth-order valence-corrected chi connectivity index (χ4v) is 15.0. The average Bonchev–Trinajstić information content (AvgIpc) is 3.66. The second-order valence-electron chi connectivity index (χ2n) is 20.1. The van der Waals surface area contributed by atoms with Gasteiger partial charge >= 0.3 is 0 Å². The Morgan fingerprint density at radius 3 is 1.30 bits per heavy atom. The van der Waals surface area contributed by atoms with Crippen LogP contribution in [0, 0.1) is 13.8 Å². The minimum Gasteiger partial charge on any atom is -0.311 e. The molecule has 0 fully saturated rings. The first-order valence-electron chi connectivity index (χ1n) is 26.1. The van der Waals surface area contributed by atoms with Crippen LogP contribution >= 0.6 is 23.5 Å². The SMILES string of the molecule is Cc1cccc(C)c1N1c2cc3c(cc2B2c4ccccc4Sc4cc(N(c5ccccc5)c5ccccc5)cc1c42)B1c2ccccc2N(c2ccccc2)c2cc(N(c4ccccc4)c4ccccc4)cc(c21)S3. The van der Waals surface area contributed by atoms with Gasteiger partial charge in [0, 0.05) is 82.1 Å². The second-order valence-corrected chi connectivity index (χ2v) is 22.3. The zero-order valence-electron chi connectivity index (χ0n) is 42.0. The molecule has 0 saturated carbocycles. The fraction of sp³-hybridized carbons (Fsp3) is 0.0294. The van der Waals surface area contributed by atoms with Gasteiger partial charge in [-0.15, -0.1) is 0 Å². The van der Waals surface area contributed by atoms with Crippen molar-refractivity contribution in [1.29, 1.82) is 0 Å². The Kier molecular flexibility index (Phi) is 10.7. The first-order valence-corrected chi connectivity index (χ1v) is 27.8. The van der Waals surface area contributed by atoms with E-state index in [0.717, 1.165) is 39.8 Å². The van der Waals surface area contributed by atoms with Crippen molar-refractivity contribution in [1.82, 2.24) is 0 Å². The summed E-state index contributed by atoms with van der Waals surface area (Å²) in [5, 5.41) is 0. The molecule has 0 unspecified atom stereocenters. The number of hydrogen-bond donors (Lipinski definition) is 0. The highest BCUT2D eigenvalue weighted by atomic mass is 32.2. The van der Waals surface area contributed by atoms with Gasteiger partial charge in [-0.25, -0.2) is 0 Å². The number of nitrogens with zero attached hydrogens (tertiary/aromatic N) is 4. The number of rotatable bonds is 8. The molecule has 4 aliphatic rings. The van der Waals surface area contributed by atoms with Gasteiger partial charge in [-0.05, 0) is 150 Å². The molecule has 11 aromatic rings. The van der Waals surface area contributed by atoms with Crippen LogP contribution in [0.25, 0.3) is 0 Å². The molecule has 4 aliphatic heterocycles. The molecular weight excluding hydrogens is 959 g/mol. The monoisotopic (exact) mass is 1010 g/mol. The normalized spacial score (nSPS) is 13.2. The van der Waals surface area contributed by atoms with Gasteiger partial charge in [0.1, 0.15) is 0 Å². The Bertz CT molecular complexity index is 3970. The highest BCUT2D eigenvalue weighted by molar-refractivity contribution is 8.00. The molecule has 0 saturated heterocycles.